The predicted molar refractivity (Wildman–Crippen MR) is 35.4 cm³/mol. The largest absolute Gasteiger partial charge is 0.461 e. The lowest BCUT2D eigenvalue weighted by atomic mass is 10.3. The number of esters is 1. The lowest BCUT2D eigenvalue weighted by molar-refractivity contribution is -0.152. The third-order valence-electron chi connectivity index (χ3n) is 1.73. The summed E-state index contributed by atoms with van der Waals surface area (Å²) >= 11 is 0. The molecule has 0 aromatic carbocycles. The number of carbonyl (C=O) groups is 1. The van der Waals surface area contributed by atoms with Gasteiger partial charge in [0, 0.05) is 0 Å². The normalized spacial score (nSPS) is 20.2. The number of carbonyl (C=O) groups excluding carboxylic acids is 1. The average Bonchev–Trinajstić information content (AvgIpc) is 2.68. The predicted octanol–water partition coefficient (Wildman–Crippen LogP) is 0.320. The minimum Gasteiger partial charge on any atom is -0.461 e. The summed E-state index contributed by atoms with van der Waals surface area (Å²) in [6.07, 6.45) is 2.30. The first-order valence-corrected chi connectivity index (χ1v) is 3.54. The van der Waals surface area contributed by atoms with Gasteiger partial charge >= 0.3 is 5.97 Å². The molecule has 1 unspecified atom stereocenters. The van der Waals surface area contributed by atoms with Crippen molar-refractivity contribution in [1.29, 1.82) is 0 Å². The van der Waals surface area contributed by atoms with Crippen LogP contribution in [0.1, 0.15) is 19.8 Å². The molecule has 58 valence electrons. The van der Waals surface area contributed by atoms with Gasteiger partial charge in [-0.15, -0.1) is 0 Å². The second-order valence-electron chi connectivity index (χ2n) is 2.69. The molecule has 0 aromatic rings. The Morgan fingerprint density at radius 2 is 2.40 bits per heavy atom. The molecule has 0 heterocycles. The SMILES string of the molecule is CC(OC(=O)CO)C1CC1. The fourth-order valence-electron chi connectivity index (χ4n) is 0.906. The maximum atomic E-state index is 10.5. The van der Waals surface area contributed by atoms with E-state index in [0.29, 0.717) is 5.92 Å². The monoisotopic (exact) mass is 144 g/mol. The van der Waals surface area contributed by atoms with E-state index < -0.39 is 12.6 Å². The first kappa shape index (κ1) is 7.54. The minimum absolute atomic E-state index is 0.000324. The molecule has 1 saturated carbocycles. The van der Waals surface area contributed by atoms with Gasteiger partial charge in [-0.1, -0.05) is 0 Å². The Hall–Kier alpha value is -0.570. The summed E-state index contributed by atoms with van der Waals surface area (Å²) in [5.41, 5.74) is 0. The van der Waals surface area contributed by atoms with Gasteiger partial charge < -0.3 is 9.84 Å². The Bertz CT molecular complexity index is 129. The average molecular weight is 144 g/mol. The van der Waals surface area contributed by atoms with Crippen molar-refractivity contribution in [3.63, 3.8) is 0 Å². The van der Waals surface area contributed by atoms with Gasteiger partial charge in [-0.3, -0.25) is 0 Å². The van der Waals surface area contributed by atoms with Crippen LogP contribution in [0, 0.1) is 5.92 Å². The smallest absolute Gasteiger partial charge is 0.332 e. The van der Waals surface area contributed by atoms with E-state index in [1.54, 1.807) is 0 Å². The molecular formula is C7H12O3. The molecule has 0 aromatic heterocycles. The highest BCUT2D eigenvalue weighted by atomic mass is 16.6. The van der Waals surface area contributed by atoms with Crippen molar-refractivity contribution in [1.82, 2.24) is 0 Å². The lowest BCUT2D eigenvalue weighted by Crippen LogP contribution is -2.18. The van der Waals surface area contributed by atoms with E-state index >= 15 is 0 Å². The van der Waals surface area contributed by atoms with Gasteiger partial charge in [0.05, 0.1) is 0 Å². The number of ether oxygens (including phenoxy) is 1. The van der Waals surface area contributed by atoms with E-state index in [1.165, 1.54) is 0 Å². The molecule has 0 amide bonds. The quantitative estimate of drug-likeness (QED) is 0.580. The highest BCUT2D eigenvalue weighted by Gasteiger charge is 2.30. The van der Waals surface area contributed by atoms with Crippen LogP contribution in [-0.4, -0.2) is 23.8 Å². The van der Waals surface area contributed by atoms with Gasteiger partial charge in [0.1, 0.15) is 12.7 Å². The number of rotatable bonds is 3. The summed E-state index contributed by atoms with van der Waals surface area (Å²) < 4.78 is 4.83. The molecular weight excluding hydrogens is 132 g/mol. The van der Waals surface area contributed by atoms with E-state index in [-0.39, 0.29) is 6.10 Å². The van der Waals surface area contributed by atoms with Crippen molar-refractivity contribution in [2.75, 3.05) is 6.61 Å². The van der Waals surface area contributed by atoms with Crippen molar-refractivity contribution in [3.05, 3.63) is 0 Å². The van der Waals surface area contributed by atoms with Crippen LogP contribution >= 0.6 is 0 Å². The highest BCUT2D eigenvalue weighted by Crippen LogP contribution is 2.33. The van der Waals surface area contributed by atoms with Crippen LogP contribution in [0.5, 0.6) is 0 Å². The zero-order valence-electron chi connectivity index (χ0n) is 6.04. The number of hydrogen-bond donors (Lipinski definition) is 1. The van der Waals surface area contributed by atoms with Crippen LogP contribution in [0.15, 0.2) is 0 Å². The van der Waals surface area contributed by atoms with Crippen LogP contribution in [0.2, 0.25) is 0 Å². The molecule has 1 N–H and O–H groups in total. The summed E-state index contributed by atoms with van der Waals surface area (Å²) in [6, 6.07) is 0. The Morgan fingerprint density at radius 1 is 1.80 bits per heavy atom. The molecule has 1 rings (SSSR count). The zero-order chi connectivity index (χ0) is 7.56. The lowest BCUT2D eigenvalue weighted by Gasteiger charge is -2.09. The number of aliphatic hydroxyl groups is 1. The summed E-state index contributed by atoms with van der Waals surface area (Å²) in [7, 11) is 0. The van der Waals surface area contributed by atoms with Crippen molar-refractivity contribution < 1.29 is 14.6 Å². The Labute approximate surface area is 60.0 Å². The number of hydrogen-bond acceptors (Lipinski definition) is 3. The molecule has 1 atom stereocenters. The second-order valence-corrected chi connectivity index (χ2v) is 2.69. The molecule has 3 nitrogen and oxygen atoms in total. The van der Waals surface area contributed by atoms with E-state index in [2.05, 4.69) is 0 Å². The zero-order valence-corrected chi connectivity index (χ0v) is 6.04. The fourth-order valence-corrected chi connectivity index (χ4v) is 0.906. The van der Waals surface area contributed by atoms with E-state index in [4.69, 9.17) is 9.84 Å². The molecule has 1 aliphatic rings. The molecule has 10 heavy (non-hydrogen) atoms. The van der Waals surface area contributed by atoms with Crippen LogP contribution < -0.4 is 0 Å². The second kappa shape index (κ2) is 3.01. The van der Waals surface area contributed by atoms with Crippen LogP contribution in [0.4, 0.5) is 0 Å². The summed E-state index contributed by atoms with van der Waals surface area (Å²) in [5, 5.41) is 8.31. The molecule has 0 aliphatic heterocycles. The van der Waals surface area contributed by atoms with Crippen LogP contribution in [0.3, 0.4) is 0 Å². The van der Waals surface area contributed by atoms with Gasteiger partial charge in [-0.25, -0.2) is 4.79 Å². The third kappa shape index (κ3) is 1.99. The summed E-state index contributed by atoms with van der Waals surface area (Å²) in [6.45, 7) is 1.36. The number of aliphatic hydroxyl groups excluding tert-OH is 1. The van der Waals surface area contributed by atoms with Crippen molar-refractivity contribution >= 4 is 5.97 Å². The molecule has 3 heteroatoms. The maximum Gasteiger partial charge on any atom is 0.332 e. The van der Waals surface area contributed by atoms with Gasteiger partial charge in [-0.05, 0) is 25.7 Å². The standard InChI is InChI=1S/C7H12O3/c1-5(6-2-3-6)10-7(9)4-8/h5-6,8H,2-4H2,1H3. The Morgan fingerprint density at radius 3 is 2.80 bits per heavy atom. The first-order valence-electron chi connectivity index (χ1n) is 3.54. The molecule has 1 aliphatic carbocycles. The van der Waals surface area contributed by atoms with E-state index in [9.17, 15) is 4.79 Å². The van der Waals surface area contributed by atoms with Crippen LogP contribution in [0.25, 0.3) is 0 Å². The molecule has 0 bridgehead atoms. The third-order valence-corrected chi connectivity index (χ3v) is 1.73. The van der Waals surface area contributed by atoms with Crippen molar-refractivity contribution in [2.24, 2.45) is 5.92 Å². The van der Waals surface area contributed by atoms with Gasteiger partial charge in [-0.2, -0.15) is 0 Å². The minimum atomic E-state index is -0.514. The van der Waals surface area contributed by atoms with Crippen molar-refractivity contribution in [2.45, 2.75) is 25.9 Å². The van der Waals surface area contributed by atoms with Gasteiger partial charge in [0.25, 0.3) is 0 Å². The highest BCUT2D eigenvalue weighted by molar-refractivity contribution is 5.70. The summed E-state index contributed by atoms with van der Waals surface area (Å²) in [4.78, 5) is 10.5. The Balaban J connectivity index is 2.16. The molecule has 0 radical (unpaired) electrons. The van der Waals surface area contributed by atoms with Gasteiger partial charge in [0.15, 0.2) is 0 Å². The topological polar surface area (TPSA) is 46.5 Å². The van der Waals surface area contributed by atoms with E-state index in [0.717, 1.165) is 12.8 Å². The molecule has 0 saturated heterocycles. The van der Waals surface area contributed by atoms with Crippen LogP contribution in [-0.2, 0) is 9.53 Å². The fraction of sp³-hybridized carbons (Fsp3) is 0.857. The molecule has 1 fully saturated rings. The van der Waals surface area contributed by atoms with E-state index in [1.807, 2.05) is 6.92 Å². The van der Waals surface area contributed by atoms with Gasteiger partial charge in [0.2, 0.25) is 0 Å². The first-order chi connectivity index (χ1) is 4.74. The van der Waals surface area contributed by atoms with Crippen molar-refractivity contribution in [3.8, 4) is 0 Å². The maximum absolute atomic E-state index is 10.5. The Kier molecular flexibility index (Phi) is 2.27. The molecule has 0 spiro atoms. The summed E-state index contributed by atoms with van der Waals surface area (Å²) in [5.74, 6) is 0.0369.